The van der Waals surface area contributed by atoms with Gasteiger partial charge in [0.25, 0.3) is 0 Å². The summed E-state index contributed by atoms with van der Waals surface area (Å²) in [5.74, 6) is -2.21. The number of Topliss-reactive ketones (excluding diaryl/α,β-unsaturated/α-hetero) is 1. The molecule has 0 spiro atoms. The second-order valence-electron chi connectivity index (χ2n) is 5.17. The average Bonchev–Trinajstić information content (AvgIpc) is 2.82. The van der Waals surface area contributed by atoms with E-state index in [-0.39, 0.29) is 17.3 Å². The van der Waals surface area contributed by atoms with Crippen LogP contribution in [0.2, 0.25) is 0 Å². The van der Waals surface area contributed by atoms with Gasteiger partial charge in [-0.2, -0.15) is 0 Å². The Morgan fingerprint density at radius 1 is 1.39 bits per heavy atom. The van der Waals surface area contributed by atoms with E-state index in [0.29, 0.717) is 13.0 Å². The summed E-state index contributed by atoms with van der Waals surface area (Å²) in [6.07, 6.45) is 0.666. The summed E-state index contributed by atoms with van der Waals surface area (Å²) in [5.41, 5.74) is -0.748. The topological polar surface area (TPSA) is 29.1 Å². The maximum Gasteiger partial charge on any atom is 0.173 e. The minimum absolute atomic E-state index is 0.0858. The SMILES string of the molecule is CC(C)C1(C(=O)c2cccc(F)c2F)CCNC1. The van der Waals surface area contributed by atoms with Gasteiger partial charge >= 0.3 is 0 Å². The molecule has 4 heteroatoms. The van der Waals surface area contributed by atoms with Crippen LogP contribution in [0.3, 0.4) is 0 Å². The second-order valence-corrected chi connectivity index (χ2v) is 5.17. The van der Waals surface area contributed by atoms with Crippen LogP contribution in [-0.2, 0) is 0 Å². The van der Waals surface area contributed by atoms with Crippen LogP contribution >= 0.6 is 0 Å². The molecule has 1 unspecified atom stereocenters. The predicted octanol–water partition coefficient (Wildman–Crippen LogP) is 2.78. The van der Waals surface area contributed by atoms with Crippen molar-refractivity contribution in [3.05, 3.63) is 35.4 Å². The van der Waals surface area contributed by atoms with Gasteiger partial charge in [-0.15, -0.1) is 0 Å². The van der Waals surface area contributed by atoms with Gasteiger partial charge < -0.3 is 5.32 Å². The molecule has 1 aliphatic heterocycles. The van der Waals surface area contributed by atoms with E-state index in [4.69, 9.17) is 0 Å². The third-order valence-electron chi connectivity index (χ3n) is 3.94. The van der Waals surface area contributed by atoms with E-state index in [2.05, 4.69) is 5.32 Å². The van der Waals surface area contributed by atoms with Gasteiger partial charge in [-0.25, -0.2) is 8.78 Å². The van der Waals surface area contributed by atoms with Gasteiger partial charge in [-0.05, 0) is 31.0 Å². The van der Waals surface area contributed by atoms with Gasteiger partial charge in [0.05, 0.1) is 5.56 Å². The molecule has 1 aromatic carbocycles. The largest absolute Gasteiger partial charge is 0.316 e. The van der Waals surface area contributed by atoms with Gasteiger partial charge in [-0.1, -0.05) is 19.9 Å². The molecule has 0 aliphatic carbocycles. The van der Waals surface area contributed by atoms with E-state index in [1.807, 2.05) is 13.8 Å². The fraction of sp³-hybridized carbons (Fsp3) is 0.500. The standard InChI is InChI=1S/C14H17F2NO/c1-9(2)14(6-7-17-8-14)13(18)10-4-3-5-11(15)12(10)16/h3-5,9,17H,6-8H2,1-2H3. The van der Waals surface area contributed by atoms with Gasteiger partial charge in [0.15, 0.2) is 17.4 Å². The molecular formula is C14H17F2NO. The Morgan fingerprint density at radius 3 is 2.67 bits per heavy atom. The maximum absolute atomic E-state index is 13.7. The Labute approximate surface area is 105 Å². The molecule has 18 heavy (non-hydrogen) atoms. The van der Waals surface area contributed by atoms with Crippen LogP contribution in [0.4, 0.5) is 8.78 Å². The molecule has 0 radical (unpaired) electrons. The van der Waals surface area contributed by atoms with E-state index < -0.39 is 17.0 Å². The first-order valence-electron chi connectivity index (χ1n) is 6.18. The Morgan fingerprint density at radius 2 is 2.11 bits per heavy atom. The molecule has 1 saturated heterocycles. The lowest BCUT2D eigenvalue weighted by Crippen LogP contribution is -2.39. The van der Waals surface area contributed by atoms with Crippen LogP contribution < -0.4 is 5.32 Å². The molecule has 2 rings (SSSR count). The summed E-state index contributed by atoms with van der Waals surface area (Å²) >= 11 is 0. The predicted molar refractivity (Wildman–Crippen MR) is 65.4 cm³/mol. The summed E-state index contributed by atoms with van der Waals surface area (Å²) in [6, 6.07) is 3.77. The van der Waals surface area contributed by atoms with Crippen LogP contribution in [0.5, 0.6) is 0 Å². The van der Waals surface area contributed by atoms with E-state index in [1.54, 1.807) is 0 Å². The van der Waals surface area contributed by atoms with Crippen molar-refractivity contribution in [1.82, 2.24) is 5.32 Å². The first-order valence-corrected chi connectivity index (χ1v) is 6.18. The molecule has 0 amide bonds. The Bertz CT molecular complexity index is 465. The smallest absolute Gasteiger partial charge is 0.173 e. The second kappa shape index (κ2) is 4.76. The number of hydrogen-bond acceptors (Lipinski definition) is 2. The molecule has 2 nitrogen and oxygen atoms in total. The Hall–Kier alpha value is -1.29. The third kappa shape index (κ3) is 1.94. The lowest BCUT2D eigenvalue weighted by Gasteiger charge is -2.31. The first kappa shape index (κ1) is 13.1. The summed E-state index contributed by atoms with van der Waals surface area (Å²) in [6.45, 7) is 5.16. The summed E-state index contributed by atoms with van der Waals surface area (Å²) in [5, 5.41) is 3.14. The van der Waals surface area contributed by atoms with E-state index >= 15 is 0 Å². The first-order chi connectivity index (χ1) is 8.49. The molecule has 1 fully saturated rings. The zero-order chi connectivity index (χ0) is 13.3. The molecule has 1 N–H and O–H groups in total. The zero-order valence-electron chi connectivity index (χ0n) is 10.6. The quantitative estimate of drug-likeness (QED) is 0.839. The molecule has 0 saturated carbocycles. The number of carbonyl (C=O) groups is 1. The lowest BCUT2D eigenvalue weighted by molar-refractivity contribution is 0.0734. The van der Waals surface area contributed by atoms with E-state index in [1.165, 1.54) is 12.1 Å². The van der Waals surface area contributed by atoms with Gasteiger partial charge in [0.1, 0.15) is 0 Å². The highest BCUT2D eigenvalue weighted by Gasteiger charge is 2.44. The molecule has 98 valence electrons. The number of carbonyl (C=O) groups excluding carboxylic acids is 1. The number of hydrogen-bond donors (Lipinski definition) is 1. The molecule has 0 bridgehead atoms. The van der Waals surface area contributed by atoms with Crippen molar-refractivity contribution in [2.45, 2.75) is 20.3 Å². The summed E-state index contributed by atoms with van der Waals surface area (Å²) in [7, 11) is 0. The van der Waals surface area contributed by atoms with Crippen molar-refractivity contribution in [2.24, 2.45) is 11.3 Å². The third-order valence-corrected chi connectivity index (χ3v) is 3.94. The molecule has 1 aromatic rings. The molecular weight excluding hydrogens is 236 g/mol. The monoisotopic (exact) mass is 253 g/mol. The Kier molecular flexibility index (Phi) is 3.48. The highest BCUT2D eigenvalue weighted by Crippen LogP contribution is 2.38. The molecule has 1 atom stereocenters. The molecule has 1 aliphatic rings. The number of halogens is 2. The summed E-state index contributed by atoms with van der Waals surface area (Å²) < 4.78 is 26.9. The van der Waals surface area contributed by atoms with Gasteiger partial charge in [0, 0.05) is 12.0 Å². The Balaban J connectivity index is 2.44. The fourth-order valence-electron chi connectivity index (χ4n) is 2.61. The van der Waals surface area contributed by atoms with Crippen LogP contribution in [-0.4, -0.2) is 18.9 Å². The van der Waals surface area contributed by atoms with Gasteiger partial charge in [-0.3, -0.25) is 4.79 Å². The van der Waals surface area contributed by atoms with Crippen molar-refractivity contribution < 1.29 is 13.6 Å². The van der Waals surface area contributed by atoms with E-state index in [9.17, 15) is 13.6 Å². The number of rotatable bonds is 3. The van der Waals surface area contributed by atoms with Gasteiger partial charge in [0.2, 0.25) is 0 Å². The van der Waals surface area contributed by atoms with Crippen LogP contribution in [0.25, 0.3) is 0 Å². The zero-order valence-corrected chi connectivity index (χ0v) is 10.6. The van der Waals surface area contributed by atoms with Crippen LogP contribution in [0.15, 0.2) is 18.2 Å². The fourth-order valence-corrected chi connectivity index (χ4v) is 2.61. The van der Waals surface area contributed by atoms with Crippen molar-refractivity contribution in [3.63, 3.8) is 0 Å². The van der Waals surface area contributed by atoms with E-state index in [0.717, 1.165) is 12.6 Å². The van der Waals surface area contributed by atoms with Crippen LogP contribution in [0, 0.1) is 23.0 Å². The minimum Gasteiger partial charge on any atom is -0.316 e. The minimum atomic E-state index is -1.03. The average molecular weight is 253 g/mol. The van der Waals surface area contributed by atoms with Crippen molar-refractivity contribution in [2.75, 3.05) is 13.1 Å². The van der Waals surface area contributed by atoms with Crippen molar-refractivity contribution in [3.8, 4) is 0 Å². The summed E-state index contributed by atoms with van der Waals surface area (Å²) in [4.78, 5) is 12.5. The van der Waals surface area contributed by atoms with Crippen molar-refractivity contribution in [1.29, 1.82) is 0 Å². The lowest BCUT2D eigenvalue weighted by atomic mass is 9.71. The van der Waals surface area contributed by atoms with Crippen LogP contribution in [0.1, 0.15) is 30.6 Å². The maximum atomic E-state index is 13.7. The van der Waals surface area contributed by atoms with Crippen molar-refractivity contribution >= 4 is 5.78 Å². The molecule has 0 aromatic heterocycles. The highest BCUT2D eigenvalue weighted by molar-refractivity contribution is 6.01. The number of nitrogens with one attached hydrogen (secondary N) is 1. The normalized spacial score (nSPS) is 23.6. The molecule has 1 heterocycles. The highest BCUT2D eigenvalue weighted by atomic mass is 19.2. The number of benzene rings is 1. The number of ketones is 1.